The van der Waals surface area contributed by atoms with Crippen LogP contribution in [0.25, 0.3) is 0 Å². The largest absolute Gasteiger partial charge is 0.381 e. The summed E-state index contributed by atoms with van der Waals surface area (Å²) in [5.74, 6) is 0. The van der Waals surface area contributed by atoms with Crippen molar-refractivity contribution >= 4 is 23.2 Å². The minimum atomic E-state index is 0.604. The van der Waals surface area contributed by atoms with Crippen LogP contribution in [0.4, 0.5) is 0 Å². The number of hydrogen-bond donors (Lipinski definition) is 0. The maximum absolute atomic E-state index is 5.50. The van der Waals surface area contributed by atoms with E-state index in [1.54, 1.807) is 0 Å². The second-order valence-electron chi connectivity index (χ2n) is 2.15. The first kappa shape index (κ1) is 11.0. The Balaban J connectivity index is 3.03. The van der Waals surface area contributed by atoms with Gasteiger partial charge in [-0.3, -0.25) is 0 Å². The first-order chi connectivity index (χ1) is 5.13. The predicted octanol–water partition coefficient (Wildman–Crippen LogP) is 3.29. The van der Waals surface area contributed by atoms with Gasteiger partial charge in [-0.15, -0.1) is 0 Å². The Morgan fingerprint density at radius 1 is 1.00 bits per heavy atom. The van der Waals surface area contributed by atoms with Gasteiger partial charge in [0, 0.05) is 22.9 Å². The molecule has 0 rings (SSSR count). The van der Waals surface area contributed by atoms with Crippen LogP contribution in [0.2, 0.25) is 0 Å². The van der Waals surface area contributed by atoms with E-state index >= 15 is 0 Å². The number of halogens is 2. The molecule has 0 amide bonds. The molecule has 0 bridgehead atoms. The molecule has 0 aliphatic rings. The van der Waals surface area contributed by atoms with Gasteiger partial charge in [0.2, 0.25) is 0 Å². The lowest BCUT2D eigenvalue weighted by Gasteiger charge is -2.01. The Morgan fingerprint density at radius 3 is 1.64 bits per heavy atom. The summed E-state index contributed by atoms with van der Waals surface area (Å²) in [4.78, 5) is 0. The molecule has 0 unspecified atom stereocenters. The number of hydrogen-bond acceptors (Lipinski definition) is 1. The molecule has 64 valence electrons. The number of rotatable bonds is 6. The van der Waals surface area contributed by atoms with E-state index in [9.17, 15) is 0 Å². The van der Waals surface area contributed by atoms with Crippen molar-refractivity contribution in [2.24, 2.45) is 0 Å². The Bertz CT molecular complexity index is 127. The Kier molecular flexibility index (Phi) is 6.73. The molecule has 0 aromatic carbocycles. The molecule has 0 atom stereocenters. The summed E-state index contributed by atoms with van der Waals surface area (Å²) in [5.41, 5.74) is 0. The first-order valence-electron chi connectivity index (χ1n) is 3.37. The van der Waals surface area contributed by atoms with E-state index in [1.807, 2.05) is 0 Å². The van der Waals surface area contributed by atoms with E-state index in [0.717, 1.165) is 0 Å². The van der Waals surface area contributed by atoms with E-state index in [0.29, 0.717) is 36.1 Å². The lowest BCUT2D eigenvalue weighted by atomic mass is 10.4. The lowest BCUT2D eigenvalue weighted by molar-refractivity contribution is 0.142. The van der Waals surface area contributed by atoms with Crippen LogP contribution in [0.15, 0.2) is 23.2 Å². The Labute approximate surface area is 77.6 Å². The summed E-state index contributed by atoms with van der Waals surface area (Å²) in [6, 6.07) is 0. The second-order valence-corrected chi connectivity index (χ2v) is 3.22. The number of ether oxygens (including phenoxy) is 1. The maximum Gasteiger partial charge on any atom is 0.0515 e. The van der Waals surface area contributed by atoms with Crippen molar-refractivity contribution in [2.75, 3.05) is 13.2 Å². The fraction of sp³-hybridized carbons (Fsp3) is 0.500. The standard InChI is InChI=1S/C8H12Cl2O/c1-7(9)3-5-11-6-4-8(2)10/h1-6H2. The summed E-state index contributed by atoms with van der Waals surface area (Å²) in [7, 11) is 0. The van der Waals surface area contributed by atoms with E-state index in [-0.39, 0.29) is 0 Å². The molecule has 3 heteroatoms. The van der Waals surface area contributed by atoms with Crippen LogP contribution in [0.1, 0.15) is 12.8 Å². The van der Waals surface area contributed by atoms with Gasteiger partial charge < -0.3 is 4.74 Å². The zero-order chi connectivity index (χ0) is 8.69. The highest BCUT2D eigenvalue weighted by atomic mass is 35.5. The topological polar surface area (TPSA) is 9.23 Å². The summed E-state index contributed by atoms with van der Waals surface area (Å²) in [6.45, 7) is 8.27. The van der Waals surface area contributed by atoms with Crippen LogP contribution >= 0.6 is 23.2 Å². The zero-order valence-corrected chi connectivity index (χ0v) is 7.92. The highest BCUT2D eigenvalue weighted by Gasteiger charge is 1.91. The van der Waals surface area contributed by atoms with Gasteiger partial charge in [-0.1, -0.05) is 36.4 Å². The van der Waals surface area contributed by atoms with Crippen LogP contribution in [-0.4, -0.2) is 13.2 Å². The molecule has 0 spiro atoms. The smallest absolute Gasteiger partial charge is 0.0515 e. The molecule has 0 N–H and O–H groups in total. The van der Waals surface area contributed by atoms with Gasteiger partial charge in [0.05, 0.1) is 13.2 Å². The van der Waals surface area contributed by atoms with Gasteiger partial charge in [0.25, 0.3) is 0 Å². The molecule has 0 saturated heterocycles. The molecule has 0 aromatic rings. The average molecular weight is 195 g/mol. The van der Waals surface area contributed by atoms with Gasteiger partial charge in [-0.25, -0.2) is 0 Å². The molecule has 0 aliphatic carbocycles. The van der Waals surface area contributed by atoms with Gasteiger partial charge >= 0.3 is 0 Å². The van der Waals surface area contributed by atoms with E-state index in [2.05, 4.69) is 13.2 Å². The molecule has 0 heterocycles. The molecule has 11 heavy (non-hydrogen) atoms. The monoisotopic (exact) mass is 194 g/mol. The van der Waals surface area contributed by atoms with E-state index < -0.39 is 0 Å². The summed E-state index contributed by atoms with van der Waals surface area (Å²) in [6.07, 6.45) is 1.38. The molecule has 0 aromatic heterocycles. The quantitative estimate of drug-likeness (QED) is 0.591. The van der Waals surface area contributed by atoms with Crippen LogP contribution < -0.4 is 0 Å². The molecular weight excluding hydrogens is 183 g/mol. The lowest BCUT2D eigenvalue weighted by Crippen LogP contribution is -1.96. The zero-order valence-electron chi connectivity index (χ0n) is 6.41. The van der Waals surface area contributed by atoms with Crippen molar-refractivity contribution in [3.63, 3.8) is 0 Å². The average Bonchev–Trinajstić information content (AvgIpc) is 1.85. The normalized spacial score (nSPS) is 9.64. The van der Waals surface area contributed by atoms with Crippen molar-refractivity contribution in [1.82, 2.24) is 0 Å². The first-order valence-corrected chi connectivity index (χ1v) is 4.13. The van der Waals surface area contributed by atoms with Gasteiger partial charge in [-0.2, -0.15) is 0 Å². The Morgan fingerprint density at radius 2 is 1.36 bits per heavy atom. The van der Waals surface area contributed by atoms with Gasteiger partial charge in [0.1, 0.15) is 0 Å². The molecular formula is C8H12Cl2O. The molecule has 1 nitrogen and oxygen atoms in total. The highest BCUT2D eigenvalue weighted by molar-refractivity contribution is 6.29. The third kappa shape index (κ3) is 10.0. The van der Waals surface area contributed by atoms with Gasteiger partial charge in [-0.05, 0) is 0 Å². The molecule has 0 aliphatic heterocycles. The molecule has 0 fully saturated rings. The fourth-order valence-electron chi connectivity index (χ4n) is 0.468. The van der Waals surface area contributed by atoms with Crippen LogP contribution in [0.3, 0.4) is 0 Å². The third-order valence-corrected chi connectivity index (χ3v) is 1.41. The minimum absolute atomic E-state index is 0.604. The highest BCUT2D eigenvalue weighted by Crippen LogP contribution is 2.05. The van der Waals surface area contributed by atoms with Crippen molar-refractivity contribution in [3.8, 4) is 0 Å². The van der Waals surface area contributed by atoms with E-state index in [1.165, 1.54) is 0 Å². The van der Waals surface area contributed by atoms with Crippen LogP contribution in [0, 0.1) is 0 Å². The van der Waals surface area contributed by atoms with Crippen molar-refractivity contribution < 1.29 is 4.74 Å². The molecule has 0 saturated carbocycles. The van der Waals surface area contributed by atoms with Crippen LogP contribution in [-0.2, 0) is 4.74 Å². The van der Waals surface area contributed by atoms with Crippen LogP contribution in [0.5, 0.6) is 0 Å². The summed E-state index contributed by atoms with van der Waals surface area (Å²) < 4.78 is 5.16. The second kappa shape index (κ2) is 6.71. The third-order valence-electron chi connectivity index (χ3n) is 1.04. The van der Waals surface area contributed by atoms with Crippen molar-refractivity contribution in [3.05, 3.63) is 23.2 Å². The Hall–Kier alpha value is 0.0200. The maximum atomic E-state index is 5.50. The molecule has 0 radical (unpaired) electrons. The van der Waals surface area contributed by atoms with Gasteiger partial charge in [0.15, 0.2) is 0 Å². The minimum Gasteiger partial charge on any atom is -0.381 e. The van der Waals surface area contributed by atoms with Crippen molar-refractivity contribution in [2.45, 2.75) is 12.8 Å². The SMILES string of the molecule is C=C(Cl)CCOCCC(=C)Cl. The van der Waals surface area contributed by atoms with Crippen molar-refractivity contribution in [1.29, 1.82) is 0 Å². The predicted molar refractivity (Wildman–Crippen MR) is 50.0 cm³/mol. The summed E-state index contributed by atoms with van der Waals surface area (Å²) >= 11 is 11.0. The fourth-order valence-corrected chi connectivity index (χ4v) is 0.622. The van der Waals surface area contributed by atoms with E-state index in [4.69, 9.17) is 27.9 Å². The summed E-state index contributed by atoms with van der Waals surface area (Å²) in [5, 5.41) is 1.24.